The Hall–Kier alpha value is -0.630. The molecule has 0 radical (unpaired) electrons. The largest absolute Gasteiger partial charge is 0.371 e. The van der Waals surface area contributed by atoms with E-state index in [1.807, 2.05) is 0 Å². The fourth-order valence-corrected chi connectivity index (χ4v) is 3.17. The van der Waals surface area contributed by atoms with Crippen LogP contribution in [0.5, 0.6) is 0 Å². The summed E-state index contributed by atoms with van der Waals surface area (Å²) in [6.07, 6.45) is 2.68. The first kappa shape index (κ1) is 10.9. The lowest BCUT2D eigenvalue weighted by Crippen LogP contribution is -2.34. The molecule has 2 heteroatoms. The topological polar surface area (TPSA) is 3.24 Å². The molecule has 0 N–H and O–H groups in total. The van der Waals surface area contributed by atoms with E-state index >= 15 is 0 Å². The van der Waals surface area contributed by atoms with Crippen LogP contribution in [0, 0.1) is 0 Å². The molecule has 1 saturated heterocycles. The molecular formula is C13H19NS. The van der Waals surface area contributed by atoms with Crippen molar-refractivity contribution in [2.75, 3.05) is 23.7 Å². The van der Waals surface area contributed by atoms with Gasteiger partial charge in [-0.25, -0.2) is 0 Å². The van der Waals surface area contributed by atoms with Crippen LogP contribution in [0.25, 0.3) is 0 Å². The Morgan fingerprint density at radius 3 is 2.47 bits per heavy atom. The lowest BCUT2D eigenvalue weighted by atomic mass is 10.1. The minimum Gasteiger partial charge on any atom is -0.371 e. The highest BCUT2D eigenvalue weighted by Gasteiger charge is 2.18. The molecule has 1 heterocycles. The molecule has 0 saturated carbocycles. The zero-order valence-electron chi connectivity index (χ0n) is 9.36. The molecule has 2 rings (SSSR count). The second-order valence-corrected chi connectivity index (χ2v) is 5.55. The van der Waals surface area contributed by atoms with E-state index in [1.54, 1.807) is 0 Å². The molecule has 1 aromatic rings. The van der Waals surface area contributed by atoms with Gasteiger partial charge in [0.1, 0.15) is 0 Å². The molecule has 0 amide bonds. The van der Waals surface area contributed by atoms with E-state index in [9.17, 15) is 0 Å². The first-order valence-corrected chi connectivity index (χ1v) is 6.86. The predicted octanol–water partition coefficient (Wildman–Crippen LogP) is 3.41. The molecule has 15 heavy (non-hydrogen) atoms. The number of nitrogens with zero attached hydrogens (tertiary/aromatic N) is 1. The minimum atomic E-state index is 0.898. The third-order valence-electron chi connectivity index (χ3n) is 2.97. The summed E-state index contributed by atoms with van der Waals surface area (Å²) in [5.74, 6) is 1.26. The second kappa shape index (κ2) is 5.45. The predicted molar refractivity (Wildman–Crippen MR) is 69.8 cm³/mol. The Labute approximate surface area is 96.9 Å². The minimum absolute atomic E-state index is 0.898. The van der Waals surface area contributed by atoms with Gasteiger partial charge in [-0.05, 0) is 30.7 Å². The van der Waals surface area contributed by atoms with Crippen molar-refractivity contribution in [2.24, 2.45) is 0 Å². The molecule has 0 aromatic heterocycles. The van der Waals surface area contributed by atoms with Crippen molar-refractivity contribution < 1.29 is 0 Å². The monoisotopic (exact) mass is 221 g/mol. The number of hydrogen-bond donors (Lipinski definition) is 0. The van der Waals surface area contributed by atoms with E-state index in [4.69, 9.17) is 0 Å². The summed E-state index contributed by atoms with van der Waals surface area (Å²) in [5, 5.41) is 0.898. The SMILES string of the molecule is CCSC1CCN(c2ccccc2)CC1. The Morgan fingerprint density at radius 2 is 1.87 bits per heavy atom. The normalized spacial score (nSPS) is 18.1. The lowest BCUT2D eigenvalue weighted by Gasteiger charge is -2.33. The van der Waals surface area contributed by atoms with Gasteiger partial charge in [0.05, 0.1) is 0 Å². The second-order valence-electron chi connectivity index (χ2n) is 3.98. The van der Waals surface area contributed by atoms with Crippen LogP contribution in [0.4, 0.5) is 5.69 Å². The van der Waals surface area contributed by atoms with Gasteiger partial charge in [0, 0.05) is 24.0 Å². The molecule has 82 valence electrons. The summed E-state index contributed by atoms with van der Waals surface area (Å²) in [5.41, 5.74) is 1.39. The number of benzene rings is 1. The molecule has 1 nitrogen and oxygen atoms in total. The summed E-state index contributed by atoms with van der Waals surface area (Å²) in [7, 11) is 0. The fraction of sp³-hybridized carbons (Fsp3) is 0.538. The van der Waals surface area contributed by atoms with Crippen LogP contribution < -0.4 is 4.90 Å². The zero-order valence-corrected chi connectivity index (χ0v) is 10.2. The van der Waals surface area contributed by atoms with Crippen molar-refractivity contribution in [3.05, 3.63) is 30.3 Å². The van der Waals surface area contributed by atoms with Crippen LogP contribution in [-0.2, 0) is 0 Å². The Bertz CT molecular complexity index is 278. The summed E-state index contributed by atoms with van der Waals surface area (Å²) in [6.45, 7) is 4.71. The molecule has 0 aliphatic carbocycles. The molecule has 0 unspecified atom stereocenters. The van der Waals surface area contributed by atoms with E-state index in [1.165, 1.54) is 37.4 Å². The molecule has 0 bridgehead atoms. The highest BCUT2D eigenvalue weighted by atomic mass is 32.2. The number of rotatable bonds is 3. The average molecular weight is 221 g/mol. The average Bonchev–Trinajstić information content (AvgIpc) is 2.32. The van der Waals surface area contributed by atoms with Crippen LogP contribution in [0.2, 0.25) is 0 Å². The third kappa shape index (κ3) is 2.91. The molecule has 1 fully saturated rings. The smallest absolute Gasteiger partial charge is 0.0366 e. The van der Waals surface area contributed by atoms with Crippen LogP contribution in [0.15, 0.2) is 30.3 Å². The first-order chi connectivity index (χ1) is 7.40. The van der Waals surface area contributed by atoms with Gasteiger partial charge in [-0.15, -0.1) is 0 Å². The highest BCUT2D eigenvalue weighted by Crippen LogP contribution is 2.26. The van der Waals surface area contributed by atoms with Gasteiger partial charge in [-0.3, -0.25) is 0 Å². The van der Waals surface area contributed by atoms with Gasteiger partial charge in [0.2, 0.25) is 0 Å². The molecule has 0 atom stereocenters. The maximum atomic E-state index is 2.51. The molecule has 0 spiro atoms. The van der Waals surface area contributed by atoms with Crippen molar-refractivity contribution in [2.45, 2.75) is 25.0 Å². The highest BCUT2D eigenvalue weighted by molar-refractivity contribution is 7.99. The van der Waals surface area contributed by atoms with Gasteiger partial charge in [0.25, 0.3) is 0 Å². The van der Waals surface area contributed by atoms with Crippen LogP contribution in [0.3, 0.4) is 0 Å². The van der Waals surface area contributed by atoms with E-state index < -0.39 is 0 Å². The summed E-state index contributed by atoms with van der Waals surface area (Å²) >= 11 is 2.12. The fourth-order valence-electron chi connectivity index (χ4n) is 2.16. The maximum absolute atomic E-state index is 2.51. The van der Waals surface area contributed by atoms with Crippen molar-refractivity contribution in [1.29, 1.82) is 0 Å². The van der Waals surface area contributed by atoms with E-state index in [2.05, 4.69) is 53.9 Å². The number of hydrogen-bond acceptors (Lipinski definition) is 2. The summed E-state index contributed by atoms with van der Waals surface area (Å²) < 4.78 is 0. The van der Waals surface area contributed by atoms with Gasteiger partial charge in [-0.1, -0.05) is 25.1 Å². The number of piperidine rings is 1. The maximum Gasteiger partial charge on any atom is 0.0366 e. The Balaban J connectivity index is 1.88. The molecule has 1 aromatic carbocycles. The van der Waals surface area contributed by atoms with E-state index in [0.717, 1.165) is 5.25 Å². The van der Waals surface area contributed by atoms with Crippen molar-refractivity contribution in [3.63, 3.8) is 0 Å². The van der Waals surface area contributed by atoms with Gasteiger partial charge in [-0.2, -0.15) is 11.8 Å². The zero-order chi connectivity index (χ0) is 10.5. The molecule has 1 aliphatic rings. The number of thioether (sulfide) groups is 1. The summed E-state index contributed by atoms with van der Waals surface area (Å²) in [4.78, 5) is 2.51. The number of para-hydroxylation sites is 1. The molecular weight excluding hydrogens is 202 g/mol. The Kier molecular flexibility index (Phi) is 3.95. The van der Waals surface area contributed by atoms with E-state index in [-0.39, 0.29) is 0 Å². The quantitative estimate of drug-likeness (QED) is 0.769. The Morgan fingerprint density at radius 1 is 1.20 bits per heavy atom. The number of anilines is 1. The van der Waals surface area contributed by atoms with Crippen LogP contribution in [-0.4, -0.2) is 24.1 Å². The van der Waals surface area contributed by atoms with Gasteiger partial charge >= 0.3 is 0 Å². The standard InChI is InChI=1S/C13H19NS/c1-2-15-13-8-10-14(11-9-13)12-6-4-3-5-7-12/h3-7,13H,2,8-11H2,1H3. The lowest BCUT2D eigenvalue weighted by molar-refractivity contribution is 0.591. The third-order valence-corrected chi connectivity index (χ3v) is 4.24. The van der Waals surface area contributed by atoms with Crippen molar-refractivity contribution in [3.8, 4) is 0 Å². The van der Waals surface area contributed by atoms with Gasteiger partial charge in [0.15, 0.2) is 0 Å². The van der Waals surface area contributed by atoms with Crippen LogP contribution in [0.1, 0.15) is 19.8 Å². The van der Waals surface area contributed by atoms with E-state index in [0.29, 0.717) is 0 Å². The molecule has 1 aliphatic heterocycles. The summed E-state index contributed by atoms with van der Waals surface area (Å²) in [6, 6.07) is 10.8. The van der Waals surface area contributed by atoms with Crippen molar-refractivity contribution >= 4 is 17.4 Å². The van der Waals surface area contributed by atoms with Crippen molar-refractivity contribution in [1.82, 2.24) is 0 Å². The van der Waals surface area contributed by atoms with Gasteiger partial charge < -0.3 is 4.90 Å². The first-order valence-electron chi connectivity index (χ1n) is 5.81. The van der Waals surface area contributed by atoms with Crippen LogP contribution >= 0.6 is 11.8 Å².